The molecule has 2 aromatic rings. The maximum Gasteiger partial charge on any atom is 0.255 e. The number of fused-ring (bicyclic) bond motifs is 1. The summed E-state index contributed by atoms with van der Waals surface area (Å²) in [7, 11) is 0. The van der Waals surface area contributed by atoms with Gasteiger partial charge in [0.05, 0.1) is 0 Å². The van der Waals surface area contributed by atoms with Gasteiger partial charge >= 0.3 is 0 Å². The van der Waals surface area contributed by atoms with Crippen LogP contribution >= 0.6 is 0 Å². The van der Waals surface area contributed by atoms with Crippen molar-refractivity contribution in [1.82, 2.24) is 15.3 Å². The van der Waals surface area contributed by atoms with Crippen molar-refractivity contribution < 1.29 is 4.79 Å². The van der Waals surface area contributed by atoms with Crippen molar-refractivity contribution in [2.45, 2.75) is 24.8 Å². The molecule has 1 aliphatic carbocycles. The van der Waals surface area contributed by atoms with Crippen molar-refractivity contribution in [3.8, 4) is 11.1 Å². The molecule has 1 aliphatic heterocycles. The Balaban J connectivity index is 1.78. The van der Waals surface area contributed by atoms with Gasteiger partial charge in [-0.15, -0.1) is 0 Å². The molecule has 4 rings (SSSR count). The zero-order valence-corrected chi connectivity index (χ0v) is 11.9. The van der Waals surface area contributed by atoms with Gasteiger partial charge in [-0.25, -0.2) is 15.0 Å². The Labute approximate surface area is 127 Å². The third-order valence-electron chi connectivity index (χ3n) is 4.41. The van der Waals surface area contributed by atoms with Crippen molar-refractivity contribution in [2.24, 2.45) is 10.7 Å². The number of guanidine groups is 1. The first-order chi connectivity index (χ1) is 10.7. The largest absolute Gasteiger partial charge is 0.370 e. The lowest BCUT2D eigenvalue weighted by molar-refractivity contribution is -0.124. The van der Waals surface area contributed by atoms with Gasteiger partial charge in [0.25, 0.3) is 5.91 Å². The second-order valence-electron chi connectivity index (χ2n) is 5.73. The van der Waals surface area contributed by atoms with Gasteiger partial charge < -0.3 is 5.73 Å². The van der Waals surface area contributed by atoms with E-state index in [1.807, 2.05) is 18.5 Å². The highest BCUT2D eigenvalue weighted by Crippen LogP contribution is 2.37. The number of nitrogens with zero attached hydrogens (tertiary/aromatic N) is 3. The lowest BCUT2D eigenvalue weighted by Crippen LogP contribution is -2.44. The van der Waals surface area contributed by atoms with Crippen LogP contribution in [0.4, 0.5) is 0 Å². The fraction of sp³-hybridized carbons (Fsp3) is 0.250. The highest BCUT2D eigenvalue weighted by Gasteiger charge is 2.45. The number of hydrogen-bond acceptors (Lipinski definition) is 5. The zero-order chi connectivity index (χ0) is 15.2. The van der Waals surface area contributed by atoms with E-state index < -0.39 is 5.54 Å². The molecule has 0 saturated heterocycles. The smallest absolute Gasteiger partial charge is 0.255 e. The van der Waals surface area contributed by atoms with Gasteiger partial charge in [0.1, 0.15) is 11.9 Å². The van der Waals surface area contributed by atoms with E-state index >= 15 is 0 Å². The summed E-state index contributed by atoms with van der Waals surface area (Å²) in [5, 5.41) is 2.62. The molecular formula is C16H15N5O. The number of hydrogen-bond donors (Lipinski definition) is 2. The maximum absolute atomic E-state index is 12.2. The monoisotopic (exact) mass is 293 g/mol. The van der Waals surface area contributed by atoms with Crippen LogP contribution in [0.25, 0.3) is 11.1 Å². The summed E-state index contributed by atoms with van der Waals surface area (Å²) in [4.78, 5) is 24.8. The van der Waals surface area contributed by atoms with Gasteiger partial charge in [-0.05, 0) is 29.5 Å². The van der Waals surface area contributed by atoms with Gasteiger partial charge in [0, 0.05) is 24.4 Å². The lowest BCUT2D eigenvalue weighted by atomic mass is 9.76. The summed E-state index contributed by atoms with van der Waals surface area (Å²) in [6.45, 7) is 0. The van der Waals surface area contributed by atoms with E-state index in [0.29, 0.717) is 12.8 Å². The minimum atomic E-state index is -0.733. The van der Waals surface area contributed by atoms with Crippen molar-refractivity contribution in [3.63, 3.8) is 0 Å². The molecule has 1 unspecified atom stereocenters. The Morgan fingerprint density at radius 3 is 2.77 bits per heavy atom. The molecule has 6 heteroatoms. The lowest BCUT2D eigenvalue weighted by Gasteiger charge is -2.30. The Morgan fingerprint density at radius 2 is 2.05 bits per heavy atom. The van der Waals surface area contributed by atoms with Crippen LogP contribution in [0, 0.1) is 0 Å². The first-order valence-corrected chi connectivity index (χ1v) is 7.21. The number of amides is 1. The molecule has 1 aromatic carbocycles. The van der Waals surface area contributed by atoms with Crippen LogP contribution in [0.15, 0.2) is 41.9 Å². The van der Waals surface area contributed by atoms with Gasteiger partial charge in [0.15, 0.2) is 5.96 Å². The fourth-order valence-corrected chi connectivity index (χ4v) is 3.37. The summed E-state index contributed by atoms with van der Waals surface area (Å²) < 4.78 is 0. The summed E-state index contributed by atoms with van der Waals surface area (Å²) in [6, 6.07) is 6.13. The molecule has 0 bridgehead atoms. The number of aromatic nitrogens is 2. The Hall–Kier alpha value is -2.76. The summed E-state index contributed by atoms with van der Waals surface area (Å²) >= 11 is 0. The standard InChI is InChI=1S/C16H15N5O/c17-15-20-14(22)16(21-15)5-4-13-10(6-16)2-1-3-12(13)11-7-18-9-19-8-11/h1-3,7-9H,4-6H2,(H3,17,20,21,22). The Bertz CT molecular complexity index is 786. The van der Waals surface area contributed by atoms with E-state index in [1.165, 1.54) is 11.9 Å². The molecule has 2 aliphatic rings. The number of carbonyl (C=O) groups is 1. The minimum absolute atomic E-state index is 0.0934. The van der Waals surface area contributed by atoms with Crippen LogP contribution in [0.3, 0.4) is 0 Å². The third-order valence-corrected chi connectivity index (χ3v) is 4.41. The molecule has 1 amide bonds. The maximum atomic E-state index is 12.2. The van der Waals surface area contributed by atoms with Gasteiger partial charge in [-0.3, -0.25) is 10.1 Å². The summed E-state index contributed by atoms with van der Waals surface area (Å²) in [5.74, 6) is 0.130. The second-order valence-corrected chi connectivity index (χ2v) is 5.73. The van der Waals surface area contributed by atoms with E-state index in [9.17, 15) is 4.79 Å². The Kier molecular flexibility index (Phi) is 2.72. The molecule has 0 saturated carbocycles. The average molecular weight is 293 g/mol. The SMILES string of the molecule is NC1=NC2(CCc3c(cccc3-c3cncnc3)C2)C(=O)N1. The average Bonchev–Trinajstić information content (AvgIpc) is 2.80. The van der Waals surface area contributed by atoms with Crippen LogP contribution in [-0.2, 0) is 17.6 Å². The molecule has 1 atom stereocenters. The van der Waals surface area contributed by atoms with Crippen molar-refractivity contribution >= 4 is 11.9 Å². The van der Waals surface area contributed by atoms with Crippen LogP contribution in [0.1, 0.15) is 17.5 Å². The molecule has 0 radical (unpaired) electrons. The number of aliphatic imine (C=N–C) groups is 1. The van der Waals surface area contributed by atoms with Crippen molar-refractivity contribution in [1.29, 1.82) is 0 Å². The fourth-order valence-electron chi connectivity index (χ4n) is 3.37. The van der Waals surface area contributed by atoms with E-state index in [-0.39, 0.29) is 11.9 Å². The van der Waals surface area contributed by atoms with Crippen LogP contribution in [0.2, 0.25) is 0 Å². The predicted molar refractivity (Wildman–Crippen MR) is 82.0 cm³/mol. The van der Waals surface area contributed by atoms with Gasteiger partial charge in [-0.1, -0.05) is 18.2 Å². The van der Waals surface area contributed by atoms with Crippen LogP contribution in [0.5, 0.6) is 0 Å². The molecule has 6 nitrogen and oxygen atoms in total. The zero-order valence-electron chi connectivity index (χ0n) is 11.9. The Morgan fingerprint density at radius 1 is 1.23 bits per heavy atom. The molecule has 2 heterocycles. The molecule has 1 aromatic heterocycles. The number of benzene rings is 1. The molecular weight excluding hydrogens is 278 g/mol. The predicted octanol–water partition coefficient (Wildman–Crippen LogP) is 0.816. The van der Waals surface area contributed by atoms with E-state index in [2.05, 4.69) is 32.4 Å². The normalized spacial score (nSPS) is 23.1. The minimum Gasteiger partial charge on any atom is -0.370 e. The summed E-state index contributed by atoms with van der Waals surface area (Å²) in [6.07, 6.45) is 7.17. The highest BCUT2D eigenvalue weighted by molar-refractivity contribution is 6.07. The first kappa shape index (κ1) is 12.9. The molecule has 22 heavy (non-hydrogen) atoms. The highest BCUT2D eigenvalue weighted by atomic mass is 16.2. The van der Waals surface area contributed by atoms with Crippen LogP contribution in [-0.4, -0.2) is 27.4 Å². The summed E-state index contributed by atoms with van der Waals surface area (Å²) in [5.41, 5.74) is 9.45. The van der Waals surface area contributed by atoms with Gasteiger partial charge in [0.2, 0.25) is 0 Å². The van der Waals surface area contributed by atoms with Crippen molar-refractivity contribution in [2.75, 3.05) is 0 Å². The number of carbonyl (C=O) groups excluding carboxylic acids is 1. The molecule has 0 fully saturated rings. The topological polar surface area (TPSA) is 93.3 Å². The third kappa shape index (κ3) is 1.88. The second kappa shape index (κ2) is 4.62. The molecule has 3 N–H and O–H groups in total. The number of rotatable bonds is 1. The number of nitrogens with one attached hydrogen (secondary N) is 1. The molecule has 110 valence electrons. The van der Waals surface area contributed by atoms with Gasteiger partial charge in [-0.2, -0.15) is 0 Å². The van der Waals surface area contributed by atoms with E-state index in [1.54, 1.807) is 0 Å². The van der Waals surface area contributed by atoms with E-state index in [0.717, 1.165) is 23.1 Å². The van der Waals surface area contributed by atoms with Crippen molar-refractivity contribution in [3.05, 3.63) is 48.0 Å². The quantitative estimate of drug-likeness (QED) is 0.814. The first-order valence-electron chi connectivity index (χ1n) is 7.21. The van der Waals surface area contributed by atoms with E-state index in [4.69, 9.17) is 5.73 Å². The number of nitrogens with two attached hydrogens (primary N) is 1. The van der Waals surface area contributed by atoms with Crippen LogP contribution < -0.4 is 11.1 Å². The molecule has 1 spiro atoms.